The molecule has 0 atom stereocenters. The fourth-order valence-electron chi connectivity index (χ4n) is 1.87. The summed E-state index contributed by atoms with van der Waals surface area (Å²) in [6, 6.07) is 0.537. The van der Waals surface area contributed by atoms with Gasteiger partial charge in [0, 0.05) is 12.1 Å². The lowest BCUT2D eigenvalue weighted by Crippen LogP contribution is -2.44. The largest absolute Gasteiger partial charge is 0.337 e. The summed E-state index contributed by atoms with van der Waals surface area (Å²) in [5.74, 6) is 0.166. The van der Waals surface area contributed by atoms with Crippen LogP contribution in [0.3, 0.4) is 0 Å². The molecule has 0 N–H and O–H groups in total. The maximum absolute atomic E-state index is 12.1. The van der Waals surface area contributed by atoms with E-state index in [4.69, 9.17) is 0 Å². The first-order valence-electron chi connectivity index (χ1n) is 5.21. The molecule has 0 aliphatic heterocycles. The lowest BCUT2D eigenvalue weighted by atomic mass is 10.1. The van der Waals surface area contributed by atoms with Crippen LogP contribution in [0.15, 0.2) is 24.3 Å². The van der Waals surface area contributed by atoms with E-state index in [0.29, 0.717) is 0 Å². The molecule has 1 aliphatic carbocycles. The van der Waals surface area contributed by atoms with Crippen molar-refractivity contribution in [3.05, 3.63) is 24.3 Å². The van der Waals surface area contributed by atoms with Crippen LogP contribution in [0.5, 0.6) is 0 Å². The Morgan fingerprint density at radius 3 is 1.86 bits per heavy atom. The Morgan fingerprint density at radius 2 is 1.50 bits per heavy atom. The molecule has 0 heterocycles. The van der Waals surface area contributed by atoms with Crippen LogP contribution in [-0.4, -0.2) is 22.9 Å². The molecule has 78 valence electrons. The monoisotopic (exact) mass is 193 g/mol. The summed E-state index contributed by atoms with van der Waals surface area (Å²) in [7, 11) is 0. The van der Waals surface area contributed by atoms with Gasteiger partial charge in [0.15, 0.2) is 0 Å². The highest BCUT2D eigenvalue weighted by Gasteiger charge is 2.25. The van der Waals surface area contributed by atoms with Gasteiger partial charge in [-0.05, 0) is 27.7 Å². The molecule has 0 aromatic heterocycles. The topological polar surface area (TPSA) is 20.3 Å². The third kappa shape index (κ3) is 2.25. The highest BCUT2D eigenvalue weighted by molar-refractivity contribution is 5.83. The van der Waals surface area contributed by atoms with Gasteiger partial charge in [0.25, 0.3) is 0 Å². The van der Waals surface area contributed by atoms with Crippen LogP contribution in [0, 0.1) is 5.92 Å². The minimum atomic E-state index is -0.0419. The lowest BCUT2D eigenvalue weighted by molar-refractivity contribution is -0.136. The van der Waals surface area contributed by atoms with E-state index in [-0.39, 0.29) is 23.9 Å². The second kappa shape index (κ2) is 4.45. The minimum absolute atomic E-state index is 0.0419. The van der Waals surface area contributed by atoms with Gasteiger partial charge in [0.05, 0.1) is 5.92 Å². The molecule has 2 heteroatoms. The Hall–Kier alpha value is -1.05. The summed E-state index contributed by atoms with van der Waals surface area (Å²) in [6.07, 6.45) is 7.75. The van der Waals surface area contributed by atoms with Crippen molar-refractivity contribution in [3.63, 3.8) is 0 Å². The molecule has 1 aliphatic rings. The number of hydrogen-bond donors (Lipinski definition) is 0. The van der Waals surface area contributed by atoms with Crippen molar-refractivity contribution >= 4 is 5.91 Å². The molecule has 2 nitrogen and oxygen atoms in total. The molecule has 0 radical (unpaired) electrons. The standard InChI is InChI=1S/C12H19NO/c1-9(2)13(10(3)4)12(14)11-7-5-6-8-11/h5-11H,1-4H3. The van der Waals surface area contributed by atoms with Crippen molar-refractivity contribution in [3.8, 4) is 0 Å². The van der Waals surface area contributed by atoms with E-state index in [1.54, 1.807) is 0 Å². The van der Waals surface area contributed by atoms with E-state index in [0.717, 1.165) is 0 Å². The zero-order chi connectivity index (χ0) is 10.7. The fourth-order valence-corrected chi connectivity index (χ4v) is 1.87. The van der Waals surface area contributed by atoms with E-state index in [1.807, 2.05) is 29.2 Å². The van der Waals surface area contributed by atoms with Crippen molar-refractivity contribution in [1.82, 2.24) is 4.90 Å². The number of allylic oxidation sites excluding steroid dienone is 2. The lowest BCUT2D eigenvalue weighted by Gasteiger charge is -2.32. The first-order valence-corrected chi connectivity index (χ1v) is 5.21. The van der Waals surface area contributed by atoms with Gasteiger partial charge in [0.2, 0.25) is 5.91 Å². The molecule has 0 saturated heterocycles. The highest BCUT2D eigenvalue weighted by atomic mass is 16.2. The summed E-state index contributed by atoms with van der Waals surface area (Å²) in [5, 5.41) is 0. The van der Waals surface area contributed by atoms with Crippen LogP contribution in [0.1, 0.15) is 27.7 Å². The van der Waals surface area contributed by atoms with Crippen LogP contribution in [0.2, 0.25) is 0 Å². The number of hydrogen-bond acceptors (Lipinski definition) is 1. The van der Waals surface area contributed by atoms with E-state index >= 15 is 0 Å². The number of carbonyl (C=O) groups excluding carboxylic acids is 1. The smallest absolute Gasteiger partial charge is 0.233 e. The Labute approximate surface area is 86.3 Å². The number of rotatable bonds is 3. The van der Waals surface area contributed by atoms with Crippen molar-refractivity contribution in [2.45, 2.75) is 39.8 Å². The summed E-state index contributed by atoms with van der Waals surface area (Å²) >= 11 is 0. The van der Waals surface area contributed by atoms with Gasteiger partial charge in [-0.25, -0.2) is 0 Å². The van der Waals surface area contributed by atoms with E-state index in [2.05, 4.69) is 27.7 Å². The van der Waals surface area contributed by atoms with Crippen molar-refractivity contribution < 1.29 is 4.79 Å². The summed E-state index contributed by atoms with van der Waals surface area (Å²) in [4.78, 5) is 14.0. The summed E-state index contributed by atoms with van der Waals surface area (Å²) in [6.45, 7) is 8.22. The predicted molar refractivity (Wildman–Crippen MR) is 58.9 cm³/mol. The van der Waals surface area contributed by atoms with Crippen LogP contribution in [0.4, 0.5) is 0 Å². The molecule has 0 aromatic rings. The number of amides is 1. The van der Waals surface area contributed by atoms with Crippen LogP contribution < -0.4 is 0 Å². The molecule has 0 unspecified atom stereocenters. The zero-order valence-electron chi connectivity index (χ0n) is 9.40. The molecule has 1 amide bonds. The van der Waals surface area contributed by atoms with Gasteiger partial charge in [-0.3, -0.25) is 4.79 Å². The molecule has 0 bridgehead atoms. The third-order valence-corrected chi connectivity index (χ3v) is 2.40. The first kappa shape index (κ1) is 11.0. The number of carbonyl (C=O) groups is 1. The second-order valence-electron chi connectivity index (χ2n) is 4.23. The molecule has 0 aromatic carbocycles. The number of nitrogens with zero attached hydrogens (tertiary/aromatic N) is 1. The van der Waals surface area contributed by atoms with Crippen molar-refractivity contribution in [2.75, 3.05) is 0 Å². The van der Waals surface area contributed by atoms with Gasteiger partial charge in [-0.2, -0.15) is 0 Å². The second-order valence-corrected chi connectivity index (χ2v) is 4.23. The Balaban J connectivity index is 2.73. The quantitative estimate of drug-likeness (QED) is 0.674. The molecule has 0 spiro atoms. The van der Waals surface area contributed by atoms with Crippen LogP contribution in [0.25, 0.3) is 0 Å². The third-order valence-electron chi connectivity index (χ3n) is 2.40. The Morgan fingerprint density at radius 1 is 1.07 bits per heavy atom. The maximum atomic E-state index is 12.1. The molecule has 1 rings (SSSR count). The first-order chi connectivity index (χ1) is 6.54. The van der Waals surface area contributed by atoms with E-state index in [9.17, 15) is 4.79 Å². The van der Waals surface area contributed by atoms with Gasteiger partial charge in [-0.1, -0.05) is 24.3 Å². The SMILES string of the molecule is CC(C)N(C(=O)C1C=CC=C1)C(C)C. The fraction of sp³-hybridized carbons (Fsp3) is 0.583. The van der Waals surface area contributed by atoms with Crippen molar-refractivity contribution in [1.29, 1.82) is 0 Å². The summed E-state index contributed by atoms with van der Waals surface area (Å²) in [5.41, 5.74) is 0. The Bertz CT molecular complexity index is 243. The van der Waals surface area contributed by atoms with Crippen LogP contribution >= 0.6 is 0 Å². The Kier molecular flexibility index (Phi) is 3.50. The average Bonchev–Trinajstić information content (AvgIpc) is 2.53. The molecule has 14 heavy (non-hydrogen) atoms. The normalized spacial score (nSPS) is 15.9. The zero-order valence-corrected chi connectivity index (χ0v) is 9.40. The maximum Gasteiger partial charge on any atom is 0.233 e. The van der Waals surface area contributed by atoms with E-state index in [1.165, 1.54) is 0 Å². The van der Waals surface area contributed by atoms with Crippen molar-refractivity contribution in [2.24, 2.45) is 5.92 Å². The minimum Gasteiger partial charge on any atom is -0.337 e. The van der Waals surface area contributed by atoms with Gasteiger partial charge < -0.3 is 4.90 Å². The summed E-state index contributed by atoms with van der Waals surface area (Å²) < 4.78 is 0. The predicted octanol–water partition coefficient (Wildman–Crippen LogP) is 2.37. The van der Waals surface area contributed by atoms with E-state index < -0.39 is 0 Å². The molecule has 0 saturated carbocycles. The molecular formula is C12H19NO. The molecular weight excluding hydrogens is 174 g/mol. The van der Waals surface area contributed by atoms with Crippen LogP contribution in [-0.2, 0) is 4.79 Å². The van der Waals surface area contributed by atoms with Gasteiger partial charge in [0.1, 0.15) is 0 Å². The van der Waals surface area contributed by atoms with Gasteiger partial charge in [-0.15, -0.1) is 0 Å². The highest BCUT2D eigenvalue weighted by Crippen LogP contribution is 2.16. The average molecular weight is 193 g/mol. The molecule has 0 fully saturated rings. The van der Waals surface area contributed by atoms with Gasteiger partial charge >= 0.3 is 0 Å².